The van der Waals surface area contributed by atoms with Crippen molar-refractivity contribution in [3.8, 4) is 0 Å². The van der Waals surface area contributed by atoms with Crippen LogP contribution in [0.1, 0.15) is 81.0 Å². The minimum Gasteiger partial charge on any atom is -0.469 e. The van der Waals surface area contributed by atoms with E-state index in [-0.39, 0.29) is 24.0 Å². The Balaban J connectivity index is 2.00. The van der Waals surface area contributed by atoms with E-state index in [9.17, 15) is 9.59 Å². The van der Waals surface area contributed by atoms with Crippen molar-refractivity contribution in [2.24, 2.45) is 0 Å². The third-order valence-electron chi connectivity index (χ3n) is 4.74. The fourth-order valence-electron chi connectivity index (χ4n) is 3.32. The summed E-state index contributed by atoms with van der Waals surface area (Å²) < 4.78 is 16.7. The van der Waals surface area contributed by atoms with Gasteiger partial charge < -0.3 is 14.2 Å². The molecule has 2 unspecified atom stereocenters. The lowest BCUT2D eigenvalue weighted by Crippen LogP contribution is -2.21. The molecule has 2 atom stereocenters. The largest absolute Gasteiger partial charge is 0.469 e. The summed E-state index contributed by atoms with van der Waals surface area (Å²) in [6, 6.07) is 1.97. The highest BCUT2D eigenvalue weighted by molar-refractivity contribution is 7.12. The Hall–Kier alpha value is -1.50. The average molecular weight is 409 g/mol. The van der Waals surface area contributed by atoms with Crippen LogP contribution in [0.2, 0.25) is 0 Å². The molecule has 28 heavy (non-hydrogen) atoms. The Labute approximate surface area is 172 Å². The quantitative estimate of drug-likeness (QED) is 0.279. The maximum absolute atomic E-state index is 12.5. The summed E-state index contributed by atoms with van der Waals surface area (Å²) in [5.41, 5.74) is 0.938. The Bertz CT molecular complexity index is 676. The van der Waals surface area contributed by atoms with Gasteiger partial charge in [0.1, 0.15) is 6.10 Å². The second kappa shape index (κ2) is 10.9. The van der Waals surface area contributed by atoms with Gasteiger partial charge in [0.2, 0.25) is 0 Å². The first-order valence-electron chi connectivity index (χ1n) is 10.1. The van der Waals surface area contributed by atoms with Gasteiger partial charge in [0, 0.05) is 12.8 Å². The topological polar surface area (TPSA) is 61.8 Å². The van der Waals surface area contributed by atoms with Crippen molar-refractivity contribution in [1.29, 1.82) is 0 Å². The molecular formula is C22H32O5S. The van der Waals surface area contributed by atoms with Crippen molar-refractivity contribution in [2.45, 2.75) is 83.7 Å². The maximum Gasteiger partial charge on any atom is 0.305 e. The summed E-state index contributed by atoms with van der Waals surface area (Å²) in [6.07, 6.45) is 9.08. The first-order valence-corrected chi connectivity index (χ1v) is 11.0. The molecule has 0 aromatic carbocycles. The number of carbonyl (C=O) groups is 2. The normalized spacial score (nSPS) is 21.3. The second-order valence-corrected chi connectivity index (χ2v) is 8.47. The number of hydrogen-bond donors (Lipinski definition) is 0. The number of rotatable bonds is 11. The van der Waals surface area contributed by atoms with Crippen LogP contribution in [0.5, 0.6) is 0 Å². The molecule has 1 aromatic rings. The first-order chi connectivity index (χ1) is 13.4. The molecule has 6 heteroatoms. The molecule has 1 aromatic heterocycles. The highest BCUT2D eigenvalue weighted by Gasteiger charge is 2.39. The SMILES string of the molecule is CCCCCC(=O)c1sccc1/C=C/C1OC(C)(C)OC1CCCC(=O)OC. The molecule has 0 bridgehead atoms. The van der Waals surface area contributed by atoms with E-state index in [1.165, 1.54) is 18.4 Å². The van der Waals surface area contributed by atoms with E-state index in [1.54, 1.807) is 0 Å². The van der Waals surface area contributed by atoms with Gasteiger partial charge in [0.25, 0.3) is 0 Å². The van der Waals surface area contributed by atoms with Crippen molar-refractivity contribution >= 4 is 29.2 Å². The van der Waals surface area contributed by atoms with Gasteiger partial charge in [-0.15, -0.1) is 11.3 Å². The summed E-state index contributed by atoms with van der Waals surface area (Å²) in [5.74, 6) is -0.672. The molecular weight excluding hydrogens is 376 g/mol. The predicted octanol–water partition coefficient (Wildman–Crippen LogP) is 5.39. The molecule has 0 saturated carbocycles. The zero-order chi connectivity index (χ0) is 20.6. The van der Waals surface area contributed by atoms with Gasteiger partial charge in [-0.2, -0.15) is 0 Å². The van der Waals surface area contributed by atoms with E-state index in [4.69, 9.17) is 14.2 Å². The zero-order valence-corrected chi connectivity index (χ0v) is 18.2. The summed E-state index contributed by atoms with van der Waals surface area (Å²) in [5, 5.41) is 1.95. The minimum absolute atomic E-state index is 0.127. The zero-order valence-electron chi connectivity index (χ0n) is 17.4. The van der Waals surface area contributed by atoms with Gasteiger partial charge in [0.15, 0.2) is 11.6 Å². The predicted molar refractivity (Wildman–Crippen MR) is 112 cm³/mol. The molecule has 0 spiro atoms. The Kier molecular flexibility index (Phi) is 8.86. The highest BCUT2D eigenvalue weighted by Crippen LogP contribution is 2.32. The molecule has 0 aliphatic carbocycles. The number of hydrogen-bond acceptors (Lipinski definition) is 6. The van der Waals surface area contributed by atoms with Crippen molar-refractivity contribution in [3.05, 3.63) is 28.0 Å². The molecule has 156 valence electrons. The molecule has 5 nitrogen and oxygen atoms in total. The summed E-state index contributed by atoms with van der Waals surface area (Å²) >= 11 is 1.49. The highest BCUT2D eigenvalue weighted by atomic mass is 32.1. The Morgan fingerprint density at radius 3 is 2.71 bits per heavy atom. The van der Waals surface area contributed by atoms with Gasteiger partial charge >= 0.3 is 5.97 Å². The number of ether oxygens (including phenoxy) is 3. The van der Waals surface area contributed by atoms with Gasteiger partial charge in [0.05, 0.1) is 18.1 Å². The van der Waals surface area contributed by atoms with E-state index in [2.05, 4.69) is 6.92 Å². The number of ketones is 1. The van der Waals surface area contributed by atoms with Crippen molar-refractivity contribution < 1.29 is 23.8 Å². The van der Waals surface area contributed by atoms with Gasteiger partial charge in [-0.3, -0.25) is 9.59 Å². The van der Waals surface area contributed by atoms with Gasteiger partial charge in [-0.25, -0.2) is 0 Å². The van der Waals surface area contributed by atoms with E-state index >= 15 is 0 Å². The number of thiophene rings is 1. The number of methoxy groups -OCH3 is 1. The lowest BCUT2D eigenvalue weighted by molar-refractivity contribution is -0.144. The molecule has 2 heterocycles. The third kappa shape index (κ3) is 6.83. The standard InChI is InChI=1S/C22H32O5S/c1-5-6-7-9-17(23)21-16(14-15-28-21)12-13-19-18(26-22(2,3)27-19)10-8-11-20(24)25-4/h12-15,18-19H,5-11H2,1-4H3/b13-12+. The van der Waals surface area contributed by atoms with Crippen LogP contribution in [-0.2, 0) is 19.0 Å². The fraction of sp³-hybridized carbons (Fsp3) is 0.636. The van der Waals surface area contributed by atoms with E-state index in [1.807, 2.05) is 37.4 Å². The molecule has 2 rings (SSSR count). The fourth-order valence-corrected chi connectivity index (χ4v) is 4.18. The van der Waals surface area contributed by atoms with Crippen molar-refractivity contribution in [2.75, 3.05) is 7.11 Å². The number of carbonyl (C=O) groups excluding carboxylic acids is 2. The van der Waals surface area contributed by atoms with Crippen LogP contribution in [0.25, 0.3) is 6.08 Å². The van der Waals surface area contributed by atoms with Crippen LogP contribution in [0.3, 0.4) is 0 Å². The summed E-state index contributed by atoms with van der Waals surface area (Å²) in [7, 11) is 1.40. The lowest BCUT2D eigenvalue weighted by Gasteiger charge is -2.16. The Morgan fingerprint density at radius 2 is 2.00 bits per heavy atom. The lowest BCUT2D eigenvalue weighted by atomic mass is 10.0. The van der Waals surface area contributed by atoms with Crippen LogP contribution in [-0.4, -0.2) is 36.9 Å². The number of unbranched alkanes of at least 4 members (excludes halogenated alkanes) is 2. The molecule has 1 fully saturated rings. The van der Waals surface area contributed by atoms with Crippen LogP contribution in [0.4, 0.5) is 0 Å². The molecule has 0 amide bonds. The smallest absolute Gasteiger partial charge is 0.305 e. The van der Waals surface area contributed by atoms with E-state index in [0.29, 0.717) is 25.7 Å². The van der Waals surface area contributed by atoms with E-state index < -0.39 is 5.79 Å². The maximum atomic E-state index is 12.5. The van der Waals surface area contributed by atoms with Crippen LogP contribution >= 0.6 is 11.3 Å². The molecule has 0 N–H and O–H groups in total. The summed E-state index contributed by atoms with van der Waals surface area (Å²) in [6.45, 7) is 5.92. The van der Waals surface area contributed by atoms with Crippen LogP contribution in [0.15, 0.2) is 17.5 Å². The monoisotopic (exact) mass is 408 g/mol. The second-order valence-electron chi connectivity index (χ2n) is 7.55. The third-order valence-corrected chi connectivity index (χ3v) is 5.71. The summed E-state index contributed by atoms with van der Waals surface area (Å²) in [4.78, 5) is 24.6. The molecule has 1 aliphatic heterocycles. The van der Waals surface area contributed by atoms with Gasteiger partial charge in [-0.1, -0.05) is 31.9 Å². The number of Topliss-reactive ketones (excluding diaryl/α,β-unsaturated/α-hetero) is 1. The Morgan fingerprint density at radius 1 is 1.21 bits per heavy atom. The molecule has 0 radical (unpaired) electrons. The molecule has 1 saturated heterocycles. The van der Waals surface area contributed by atoms with Crippen molar-refractivity contribution in [1.82, 2.24) is 0 Å². The molecule has 1 aliphatic rings. The van der Waals surface area contributed by atoms with Crippen molar-refractivity contribution in [3.63, 3.8) is 0 Å². The van der Waals surface area contributed by atoms with Crippen LogP contribution in [0, 0.1) is 0 Å². The average Bonchev–Trinajstić information content (AvgIpc) is 3.23. The minimum atomic E-state index is -0.668. The van der Waals surface area contributed by atoms with Crippen LogP contribution < -0.4 is 0 Å². The van der Waals surface area contributed by atoms with Gasteiger partial charge in [-0.05, 0) is 50.1 Å². The van der Waals surface area contributed by atoms with E-state index in [0.717, 1.165) is 29.7 Å². The first kappa shape index (κ1) is 22.8. The number of esters is 1.